The van der Waals surface area contributed by atoms with Crippen LogP contribution in [0.4, 0.5) is 14.6 Å². The van der Waals surface area contributed by atoms with E-state index in [1.54, 1.807) is 19.1 Å². The monoisotopic (exact) mass is 397 g/mol. The molecule has 3 heterocycles. The maximum Gasteiger partial charge on any atom is 0.259 e. The van der Waals surface area contributed by atoms with Crippen LogP contribution in [0.5, 0.6) is 0 Å². The second-order valence-corrected chi connectivity index (χ2v) is 6.09. The van der Waals surface area contributed by atoms with Crippen LogP contribution in [-0.4, -0.2) is 25.7 Å². The van der Waals surface area contributed by atoms with E-state index in [0.29, 0.717) is 23.2 Å². The first kappa shape index (κ1) is 18.3. The van der Waals surface area contributed by atoms with Gasteiger partial charge in [-0.25, -0.2) is 13.8 Å². The van der Waals surface area contributed by atoms with Crippen molar-refractivity contribution in [3.63, 3.8) is 0 Å². The van der Waals surface area contributed by atoms with Gasteiger partial charge < -0.3 is 9.73 Å². The number of rotatable bonds is 4. The fourth-order valence-corrected chi connectivity index (χ4v) is 2.70. The summed E-state index contributed by atoms with van der Waals surface area (Å²) >= 11 is 0. The third-order valence-electron chi connectivity index (χ3n) is 3.96. The van der Waals surface area contributed by atoms with Gasteiger partial charge in [-0.2, -0.15) is 9.78 Å². The van der Waals surface area contributed by atoms with Gasteiger partial charge in [0.05, 0.1) is 11.8 Å². The Hall–Kier alpha value is -4.08. The molecule has 0 spiro atoms. The average Bonchev–Trinajstić information content (AvgIpc) is 3.30. The van der Waals surface area contributed by atoms with Crippen molar-refractivity contribution in [3.05, 3.63) is 82.0 Å². The van der Waals surface area contributed by atoms with E-state index in [-0.39, 0.29) is 17.3 Å². The van der Waals surface area contributed by atoms with Gasteiger partial charge in [0.15, 0.2) is 5.76 Å². The highest BCUT2D eigenvalue weighted by Gasteiger charge is 2.19. The fraction of sp³-hybridized carbons (Fsp3) is 0.0526. The standard InChI is InChI=1S/C19H13F2N5O3/c1-10-7-17(27)24-19(22-10)26-16(9-14(25-26)15-3-2-6-29-15)23-18(28)12-5-4-11(20)8-13(12)21/h2-9H,1H3,(H,23,28)(H,22,24,27). The molecule has 4 rings (SSSR count). The van der Waals surface area contributed by atoms with Crippen LogP contribution >= 0.6 is 0 Å². The largest absolute Gasteiger partial charge is 0.463 e. The van der Waals surface area contributed by atoms with Crippen molar-refractivity contribution in [2.45, 2.75) is 6.92 Å². The number of anilines is 1. The van der Waals surface area contributed by atoms with E-state index in [1.165, 1.54) is 23.1 Å². The Bertz CT molecular complexity index is 1260. The van der Waals surface area contributed by atoms with E-state index in [9.17, 15) is 18.4 Å². The van der Waals surface area contributed by atoms with Gasteiger partial charge >= 0.3 is 0 Å². The van der Waals surface area contributed by atoms with Crippen molar-refractivity contribution in [1.82, 2.24) is 19.7 Å². The second kappa shape index (κ2) is 7.15. The van der Waals surface area contributed by atoms with Gasteiger partial charge in [-0.3, -0.25) is 14.6 Å². The molecule has 0 aliphatic carbocycles. The zero-order chi connectivity index (χ0) is 20.5. The molecular weight excluding hydrogens is 384 g/mol. The minimum atomic E-state index is -1.01. The molecule has 0 bridgehead atoms. The molecule has 0 fully saturated rings. The summed E-state index contributed by atoms with van der Waals surface area (Å²) in [5.41, 5.74) is 0.00323. The van der Waals surface area contributed by atoms with Crippen LogP contribution < -0.4 is 10.9 Å². The number of aromatic amines is 1. The van der Waals surface area contributed by atoms with E-state index >= 15 is 0 Å². The van der Waals surface area contributed by atoms with Crippen LogP contribution in [0, 0.1) is 18.6 Å². The van der Waals surface area contributed by atoms with Gasteiger partial charge in [0.1, 0.15) is 23.1 Å². The number of halogens is 2. The molecule has 146 valence electrons. The Morgan fingerprint density at radius 3 is 2.72 bits per heavy atom. The highest BCUT2D eigenvalue weighted by Crippen LogP contribution is 2.24. The van der Waals surface area contributed by atoms with Gasteiger partial charge in [-0.05, 0) is 31.2 Å². The van der Waals surface area contributed by atoms with Gasteiger partial charge in [-0.1, -0.05) is 0 Å². The van der Waals surface area contributed by atoms with Gasteiger partial charge in [0, 0.05) is 23.9 Å². The highest BCUT2D eigenvalue weighted by molar-refractivity contribution is 6.04. The van der Waals surface area contributed by atoms with Crippen molar-refractivity contribution < 1.29 is 18.0 Å². The SMILES string of the molecule is Cc1cc(=O)[nH]c(-n2nc(-c3ccco3)cc2NC(=O)c2ccc(F)cc2F)n1. The lowest BCUT2D eigenvalue weighted by molar-refractivity contribution is 0.102. The summed E-state index contributed by atoms with van der Waals surface area (Å²) in [5, 5.41) is 6.81. The van der Waals surface area contributed by atoms with Crippen LogP contribution in [0.2, 0.25) is 0 Å². The summed E-state index contributed by atoms with van der Waals surface area (Å²) in [5.74, 6) is -2.10. The Morgan fingerprint density at radius 2 is 2.03 bits per heavy atom. The molecule has 1 amide bonds. The molecule has 8 nitrogen and oxygen atoms in total. The molecule has 0 aliphatic heterocycles. The Balaban J connectivity index is 1.78. The maximum atomic E-state index is 14.0. The number of amides is 1. The van der Waals surface area contributed by atoms with Crippen molar-refractivity contribution in [1.29, 1.82) is 0 Å². The molecular formula is C19H13F2N5O3. The van der Waals surface area contributed by atoms with E-state index in [0.717, 1.165) is 12.1 Å². The number of carbonyl (C=O) groups is 1. The third-order valence-corrected chi connectivity index (χ3v) is 3.96. The number of nitrogens with zero attached hydrogens (tertiary/aromatic N) is 3. The number of carbonyl (C=O) groups excluding carboxylic acids is 1. The Kier molecular flexibility index (Phi) is 4.51. The topological polar surface area (TPSA) is 106 Å². The summed E-state index contributed by atoms with van der Waals surface area (Å²) in [6, 6.07) is 8.70. The van der Waals surface area contributed by atoms with Crippen molar-refractivity contribution in [2.75, 3.05) is 5.32 Å². The smallest absolute Gasteiger partial charge is 0.259 e. The quantitative estimate of drug-likeness (QED) is 0.551. The third kappa shape index (κ3) is 3.68. The number of hydrogen-bond donors (Lipinski definition) is 2. The molecule has 0 unspecified atom stereocenters. The number of benzene rings is 1. The van der Waals surface area contributed by atoms with E-state index in [2.05, 4.69) is 20.4 Å². The lowest BCUT2D eigenvalue weighted by atomic mass is 10.2. The van der Waals surface area contributed by atoms with Crippen molar-refractivity contribution in [2.24, 2.45) is 0 Å². The second-order valence-electron chi connectivity index (χ2n) is 6.09. The first-order valence-electron chi connectivity index (χ1n) is 8.39. The number of hydrogen-bond acceptors (Lipinski definition) is 5. The van der Waals surface area contributed by atoms with Gasteiger partial charge in [0.2, 0.25) is 5.95 Å². The molecule has 0 aliphatic rings. The Morgan fingerprint density at radius 1 is 1.21 bits per heavy atom. The molecule has 29 heavy (non-hydrogen) atoms. The lowest BCUT2D eigenvalue weighted by Crippen LogP contribution is -2.19. The van der Waals surface area contributed by atoms with Crippen molar-refractivity contribution >= 4 is 11.7 Å². The predicted octanol–water partition coefficient (Wildman–Crippen LogP) is 3.05. The molecule has 0 saturated heterocycles. The maximum absolute atomic E-state index is 14.0. The van der Waals surface area contributed by atoms with Crippen molar-refractivity contribution in [3.8, 4) is 17.4 Å². The summed E-state index contributed by atoms with van der Waals surface area (Å²) in [7, 11) is 0. The number of aromatic nitrogens is 4. The van der Waals surface area contributed by atoms with Gasteiger partial charge in [0.25, 0.3) is 11.5 Å². The van der Waals surface area contributed by atoms with Crippen LogP contribution in [0.3, 0.4) is 0 Å². The number of aryl methyl sites for hydroxylation is 1. The minimum Gasteiger partial charge on any atom is -0.463 e. The van der Waals surface area contributed by atoms with Crippen LogP contribution in [-0.2, 0) is 0 Å². The first-order chi connectivity index (χ1) is 13.9. The van der Waals surface area contributed by atoms with Gasteiger partial charge in [-0.15, -0.1) is 0 Å². The molecule has 10 heteroatoms. The minimum absolute atomic E-state index is 0.0442. The molecule has 4 aromatic rings. The normalized spacial score (nSPS) is 10.9. The van der Waals surface area contributed by atoms with Crippen LogP contribution in [0.25, 0.3) is 17.4 Å². The number of nitrogens with one attached hydrogen (secondary N) is 2. The first-order valence-corrected chi connectivity index (χ1v) is 8.39. The van der Waals surface area contributed by atoms with Crippen LogP contribution in [0.1, 0.15) is 16.1 Å². The highest BCUT2D eigenvalue weighted by atomic mass is 19.1. The zero-order valence-electron chi connectivity index (χ0n) is 14.9. The van der Waals surface area contributed by atoms with E-state index < -0.39 is 23.1 Å². The molecule has 0 radical (unpaired) electrons. The Labute approximate surface area is 161 Å². The average molecular weight is 397 g/mol. The van der Waals surface area contributed by atoms with E-state index in [4.69, 9.17) is 4.42 Å². The van der Waals surface area contributed by atoms with E-state index in [1.807, 2.05) is 0 Å². The summed E-state index contributed by atoms with van der Waals surface area (Å²) in [6.07, 6.45) is 1.45. The predicted molar refractivity (Wildman–Crippen MR) is 98.7 cm³/mol. The summed E-state index contributed by atoms with van der Waals surface area (Å²) < 4.78 is 33.6. The number of H-pyrrole nitrogens is 1. The number of furan rings is 1. The summed E-state index contributed by atoms with van der Waals surface area (Å²) in [6.45, 7) is 1.63. The zero-order valence-corrected chi connectivity index (χ0v) is 14.9. The summed E-state index contributed by atoms with van der Waals surface area (Å²) in [4.78, 5) is 31.1. The molecule has 2 N–H and O–H groups in total. The fourth-order valence-electron chi connectivity index (χ4n) is 2.70. The molecule has 1 aromatic carbocycles. The molecule has 0 saturated carbocycles. The lowest BCUT2D eigenvalue weighted by Gasteiger charge is -2.09. The van der Waals surface area contributed by atoms with Crippen LogP contribution in [0.15, 0.2) is 57.9 Å². The molecule has 0 atom stereocenters. The molecule has 3 aromatic heterocycles.